The summed E-state index contributed by atoms with van der Waals surface area (Å²) in [5, 5.41) is 10.6. The molecule has 5 nitrogen and oxygen atoms in total. The SMILES string of the molecule is Cc1ccc(F)c(S(=O)(=O)Nc2c(C)csc2C(=O)O)c1. The van der Waals surface area contributed by atoms with E-state index in [4.69, 9.17) is 5.11 Å². The van der Waals surface area contributed by atoms with E-state index in [1.165, 1.54) is 17.5 Å². The number of halogens is 1. The van der Waals surface area contributed by atoms with Crippen LogP contribution < -0.4 is 4.72 Å². The Morgan fingerprint density at radius 1 is 1.33 bits per heavy atom. The highest BCUT2D eigenvalue weighted by molar-refractivity contribution is 7.92. The number of carboxylic acids is 1. The number of anilines is 1. The van der Waals surface area contributed by atoms with E-state index < -0.39 is 26.7 Å². The Labute approximate surface area is 125 Å². The van der Waals surface area contributed by atoms with Gasteiger partial charge in [0, 0.05) is 0 Å². The summed E-state index contributed by atoms with van der Waals surface area (Å²) in [6, 6.07) is 3.70. The van der Waals surface area contributed by atoms with Crippen LogP contribution in [0.15, 0.2) is 28.5 Å². The second kappa shape index (κ2) is 5.45. The van der Waals surface area contributed by atoms with Crippen molar-refractivity contribution in [3.05, 3.63) is 45.4 Å². The molecule has 1 heterocycles. The van der Waals surface area contributed by atoms with E-state index in [0.717, 1.165) is 17.4 Å². The Morgan fingerprint density at radius 3 is 2.62 bits per heavy atom. The van der Waals surface area contributed by atoms with E-state index in [1.54, 1.807) is 13.8 Å². The van der Waals surface area contributed by atoms with Gasteiger partial charge in [0.2, 0.25) is 0 Å². The fraction of sp³-hybridized carbons (Fsp3) is 0.154. The molecule has 2 rings (SSSR count). The first kappa shape index (κ1) is 15.5. The molecule has 21 heavy (non-hydrogen) atoms. The van der Waals surface area contributed by atoms with Gasteiger partial charge in [-0.2, -0.15) is 0 Å². The lowest BCUT2D eigenvalue weighted by atomic mass is 10.2. The molecule has 2 aromatic rings. The number of sulfonamides is 1. The summed E-state index contributed by atoms with van der Waals surface area (Å²) in [5.41, 5.74) is 1.01. The zero-order valence-corrected chi connectivity index (χ0v) is 12.8. The molecule has 8 heteroatoms. The minimum Gasteiger partial charge on any atom is -0.477 e. The van der Waals surface area contributed by atoms with E-state index >= 15 is 0 Å². The van der Waals surface area contributed by atoms with Gasteiger partial charge in [-0.1, -0.05) is 6.07 Å². The summed E-state index contributed by atoms with van der Waals surface area (Å²) in [4.78, 5) is 10.4. The average Bonchev–Trinajstić information content (AvgIpc) is 2.73. The third-order valence-electron chi connectivity index (χ3n) is 2.78. The molecule has 0 saturated carbocycles. The molecule has 1 aromatic carbocycles. The Morgan fingerprint density at radius 2 is 2.00 bits per heavy atom. The van der Waals surface area contributed by atoms with Gasteiger partial charge < -0.3 is 5.11 Å². The van der Waals surface area contributed by atoms with Crippen LogP contribution >= 0.6 is 11.3 Å². The van der Waals surface area contributed by atoms with Crippen LogP contribution in [-0.2, 0) is 10.0 Å². The van der Waals surface area contributed by atoms with Gasteiger partial charge in [0.25, 0.3) is 10.0 Å². The van der Waals surface area contributed by atoms with Crippen molar-refractivity contribution in [2.24, 2.45) is 0 Å². The molecule has 0 aliphatic rings. The number of aryl methyl sites for hydroxylation is 2. The number of nitrogens with one attached hydrogen (secondary N) is 1. The maximum absolute atomic E-state index is 13.7. The van der Waals surface area contributed by atoms with Gasteiger partial charge >= 0.3 is 5.97 Å². The van der Waals surface area contributed by atoms with Gasteiger partial charge in [-0.15, -0.1) is 11.3 Å². The van der Waals surface area contributed by atoms with E-state index in [1.807, 2.05) is 0 Å². The van der Waals surface area contributed by atoms with Crippen molar-refractivity contribution >= 4 is 33.0 Å². The molecule has 0 fully saturated rings. The Bertz CT molecular complexity index is 812. The number of aromatic carboxylic acids is 1. The highest BCUT2D eigenvalue weighted by atomic mass is 32.2. The molecule has 0 aliphatic carbocycles. The molecule has 0 spiro atoms. The van der Waals surface area contributed by atoms with E-state index in [0.29, 0.717) is 11.1 Å². The first-order valence-corrected chi connectivity index (χ1v) is 8.19. The Balaban J connectivity index is 2.50. The molecule has 2 N–H and O–H groups in total. The maximum Gasteiger partial charge on any atom is 0.348 e. The minimum absolute atomic E-state index is 0.0339. The number of thiophene rings is 1. The first-order chi connectivity index (χ1) is 9.72. The topological polar surface area (TPSA) is 83.5 Å². The fourth-order valence-electron chi connectivity index (χ4n) is 1.73. The average molecular weight is 329 g/mol. The number of carbonyl (C=O) groups is 1. The first-order valence-electron chi connectivity index (χ1n) is 5.82. The second-order valence-electron chi connectivity index (χ2n) is 4.47. The molecular formula is C13H12FNO4S2. The van der Waals surface area contributed by atoms with Crippen LogP contribution in [-0.4, -0.2) is 19.5 Å². The molecule has 0 bridgehead atoms. The molecule has 0 aliphatic heterocycles. The molecule has 0 saturated heterocycles. The van der Waals surface area contributed by atoms with Gasteiger partial charge in [-0.05, 0) is 42.5 Å². The summed E-state index contributed by atoms with van der Waals surface area (Å²) in [5.74, 6) is -2.13. The van der Waals surface area contributed by atoms with Crippen LogP contribution in [0, 0.1) is 19.7 Å². The van der Waals surface area contributed by atoms with Gasteiger partial charge in [-0.3, -0.25) is 4.72 Å². The van der Waals surface area contributed by atoms with Crippen LogP contribution in [0.4, 0.5) is 10.1 Å². The van der Waals surface area contributed by atoms with Crippen LogP contribution in [0.25, 0.3) is 0 Å². The highest BCUT2D eigenvalue weighted by Gasteiger charge is 2.24. The highest BCUT2D eigenvalue weighted by Crippen LogP contribution is 2.30. The third kappa shape index (κ3) is 3.06. The van der Waals surface area contributed by atoms with Crippen molar-refractivity contribution in [1.29, 1.82) is 0 Å². The second-order valence-corrected chi connectivity index (χ2v) is 7.00. The van der Waals surface area contributed by atoms with E-state index in [-0.39, 0.29) is 10.6 Å². The fourth-order valence-corrected chi connectivity index (χ4v) is 3.95. The van der Waals surface area contributed by atoms with Crippen molar-refractivity contribution in [2.75, 3.05) is 4.72 Å². The Kier molecular flexibility index (Phi) is 4.02. The zero-order chi connectivity index (χ0) is 15.8. The van der Waals surface area contributed by atoms with Crippen molar-refractivity contribution in [3.63, 3.8) is 0 Å². The number of carboxylic acid groups (broad SMARTS) is 1. The van der Waals surface area contributed by atoms with Gasteiger partial charge in [0.1, 0.15) is 15.6 Å². The monoisotopic (exact) mass is 329 g/mol. The summed E-state index contributed by atoms with van der Waals surface area (Å²) < 4.78 is 40.4. The quantitative estimate of drug-likeness (QED) is 0.903. The maximum atomic E-state index is 13.7. The summed E-state index contributed by atoms with van der Waals surface area (Å²) in [6.45, 7) is 3.21. The van der Waals surface area contributed by atoms with E-state index in [9.17, 15) is 17.6 Å². The minimum atomic E-state index is -4.20. The van der Waals surface area contributed by atoms with Crippen LogP contribution in [0.3, 0.4) is 0 Å². The molecular weight excluding hydrogens is 317 g/mol. The van der Waals surface area contributed by atoms with Gasteiger partial charge in [-0.25, -0.2) is 17.6 Å². The predicted octanol–water partition coefficient (Wildman–Crippen LogP) is 3.00. The van der Waals surface area contributed by atoms with Crippen molar-refractivity contribution < 1.29 is 22.7 Å². The van der Waals surface area contributed by atoms with Crippen LogP contribution in [0.1, 0.15) is 20.8 Å². The molecule has 1 aromatic heterocycles. The van der Waals surface area contributed by atoms with Gasteiger partial charge in [0.05, 0.1) is 5.69 Å². The number of benzene rings is 1. The molecule has 0 atom stereocenters. The largest absolute Gasteiger partial charge is 0.477 e. The summed E-state index contributed by atoms with van der Waals surface area (Å²) in [7, 11) is -4.20. The molecule has 0 amide bonds. The smallest absolute Gasteiger partial charge is 0.348 e. The van der Waals surface area contributed by atoms with E-state index in [2.05, 4.69) is 4.72 Å². The molecule has 112 valence electrons. The van der Waals surface area contributed by atoms with Crippen LogP contribution in [0.5, 0.6) is 0 Å². The van der Waals surface area contributed by atoms with Gasteiger partial charge in [0.15, 0.2) is 0 Å². The van der Waals surface area contributed by atoms with Crippen molar-refractivity contribution in [1.82, 2.24) is 0 Å². The lowest BCUT2D eigenvalue weighted by molar-refractivity contribution is 0.0703. The van der Waals surface area contributed by atoms with Crippen LogP contribution in [0.2, 0.25) is 0 Å². The number of hydrogen-bond donors (Lipinski definition) is 2. The molecule has 0 unspecified atom stereocenters. The van der Waals surface area contributed by atoms with Crippen molar-refractivity contribution in [3.8, 4) is 0 Å². The Hall–Kier alpha value is -1.93. The zero-order valence-electron chi connectivity index (χ0n) is 11.2. The predicted molar refractivity (Wildman–Crippen MR) is 78.0 cm³/mol. The lowest BCUT2D eigenvalue weighted by Crippen LogP contribution is -2.16. The van der Waals surface area contributed by atoms with Crippen molar-refractivity contribution in [2.45, 2.75) is 18.7 Å². The molecule has 0 radical (unpaired) electrons. The normalized spacial score (nSPS) is 11.4. The summed E-state index contributed by atoms with van der Waals surface area (Å²) in [6.07, 6.45) is 0. The standard InChI is InChI=1S/C13H12FNO4S2/c1-7-3-4-9(14)10(5-7)21(18,19)15-11-8(2)6-20-12(11)13(16)17/h3-6,15H,1-2H3,(H,16,17). The number of hydrogen-bond acceptors (Lipinski definition) is 4. The third-order valence-corrected chi connectivity index (χ3v) is 5.23. The summed E-state index contributed by atoms with van der Waals surface area (Å²) >= 11 is 0.907. The number of rotatable bonds is 4. The lowest BCUT2D eigenvalue weighted by Gasteiger charge is -2.10.